The number of aromatic nitrogens is 2. The van der Waals surface area contributed by atoms with Crippen molar-refractivity contribution in [3.63, 3.8) is 0 Å². The van der Waals surface area contributed by atoms with Crippen LogP contribution in [-0.4, -0.2) is 18.6 Å². The summed E-state index contributed by atoms with van der Waals surface area (Å²) in [4.78, 5) is 0.161. The number of anilines is 3. The molecule has 8 heteroatoms. The van der Waals surface area contributed by atoms with Crippen molar-refractivity contribution in [2.45, 2.75) is 24.7 Å². The molecule has 0 saturated carbocycles. The van der Waals surface area contributed by atoms with E-state index >= 15 is 0 Å². The van der Waals surface area contributed by atoms with Crippen molar-refractivity contribution in [2.75, 3.05) is 10.0 Å². The third-order valence-electron chi connectivity index (χ3n) is 4.02. The smallest absolute Gasteiger partial charge is 0.263 e. The van der Waals surface area contributed by atoms with Gasteiger partial charge in [0.05, 0.1) is 16.5 Å². The second kappa shape index (κ2) is 8.06. The zero-order valence-electron chi connectivity index (χ0n) is 15.4. The number of nitriles is 1. The van der Waals surface area contributed by atoms with Gasteiger partial charge < -0.3 is 5.32 Å². The highest BCUT2D eigenvalue weighted by atomic mass is 32.2. The summed E-state index contributed by atoms with van der Waals surface area (Å²) in [6.07, 6.45) is 0. The van der Waals surface area contributed by atoms with Gasteiger partial charge in [-0.1, -0.05) is 32.0 Å². The normalized spacial score (nSPS) is 11.1. The van der Waals surface area contributed by atoms with E-state index in [2.05, 4.69) is 26.3 Å². The van der Waals surface area contributed by atoms with Crippen LogP contribution >= 0.6 is 0 Å². The fraction of sp³-hybridized carbons (Fsp3) is 0.150. The Balaban J connectivity index is 1.71. The molecule has 0 aliphatic carbocycles. The Morgan fingerprint density at radius 3 is 2.25 bits per heavy atom. The molecular weight excluding hydrogens is 374 g/mol. The van der Waals surface area contributed by atoms with Crippen LogP contribution in [0, 0.1) is 11.3 Å². The Labute approximate surface area is 164 Å². The van der Waals surface area contributed by atoms with E-state index in [1.807, 2.05) is 13.8 Å². The molecule has 0 bridgehead atoms. The quantitative estimate of drug-likeness (QED) is 0.655. The van der Waals surface area contributed by atoms with Gasteiger partial charge in [0.15, 0.2) is 11.6 Å². The summed E-state index contributed by atoms with van der Waals surface area (Å²) >= 11 is 0. The highest BCUT2D eigenvalue weighted by Gasteiger charge is 2.15. The first-order chi connectivity index (χ1) is 13.4. The monoisotopic (exact) mass is 393 g/mol. The van der Waals surface area contributed by atoms with Crippen molar-refractivity contribution in [3.05, 3.63) is 71.8 Å². The van der Waals surface area contributed by atoms with Crippen molar-refractivity contribution in [1.29, 1.82) is 5.26 Å². The Hall–Kier alpha value is -3.44. The molecular formula is C20H19N5O2S. The summed E-state index contributed by atoms with van der Waals surface area (Å²) < 4.78 is 27.4. The predicted octanol–water partition coefficient (Wildman–Crippen LogP) is 4.02. The van der Waals surface area contributed by atoms with Gasteiger partial charge in [0, 0.05) is 5.69 Å². The average Bonchev–Trinajstić information content (AvgIpc) is 2.69. The van der Waals surface area contributed by atoms with Crippen molar-refractivity contribution in [1.82, 2.24) is 10.2 Å². The molecule has 0 saturated heterocycles. The number of hydrogen-bond acceptors (Lipinski definition) is 6. The fourth-order valence-corrected chi connectivity index (χ4v) is 3.49. The predicted molar refractivity (Wildman–Crippen MR) is 108 cm³/mol. The van der Waals surface area contributed by atoms with E-state index in [1.165, 1.54) is 6.07 Å². The van der Waals surface area contributed by atoms with E-state index in [4.69, 9.17) is 5.26 Å². The molecule has 142 valence electrons. The lowest BCUT2D eigenvalue weighted by molar-refractivity contribution is 0.601. The first kappa shape index (κ1) is 19.3. The summed E-state index contributed by atoms with van der Waals surface area (Å²) in [7, 11) is -3.75. The van der Waals surface area contributed by atoms with Gasteiger partial charge in [0.25, 0.3) is 10.0 Å². The Kier molecular flexibility index (Phi) is 5.57. The third kappa shape index (κ3) is 4.64. The van der Waals surface area contributed by atoms with E-state index in [0.717, 1.165) is 5.56 Å². The van der Waals surface area contributed by atoms with Crippen LogP contribution in [-0.2, 0) is 10.0 Å². The Morgan fingerprint density at radius 1 is 0.964 bits per heavy atom. The lowest BCUT2D eigenvalue weighted by Crippen LogP contribution is -2.14. The van der Waals surface area contributed by atoms with E-state index in [-0.39, 0.29) is 10.7 Å². The molecule has 0 atom stereocenters. The van der Waals surface area contributed by atoms with Crippen molar-refractivity contribution in [2.24, 2.45) is 0 Å². The topological polar surface area (TPSA) is 108 Å². The van der Waals surface area contributed by atoms with Crippen molar-refractivity contribution >= 4 is 27.3 Å². The van der Waals surface area contributed by atoms with Gasteiger partial charge >= 0.3 is 0 Å². The highest BCUT2D eigenvalue weighted by molar-refractivity contribution is 7.92. The summed E-state index contributed by atoms with van der Waals surface area (Å²) in [5.41, 5.74) is 2.27. The highest BCUT2D eigenvalue weighted by Crippen LogP contribution is 2.20. The summed E-state index contributed by atoms with van der Waals surface area (Å²) in [5, 5.41) is 19.8. The van der Waals surface area contributed by atoms with Gasteiger partial charge in [-0.3, -0.25) is 4.72 Å². The maximum Gasteiger partial charge on any atom is 0.263 e. The van der Waals surface area contributed by atoms with Crippen LogP contribution in [0.4, 0.5) is 17.3 Å². The molecule has 28 heavy (non-hydrogen) atoms. The number of benzene rings is 2. The zero-order chi connectivity index (χ0) is 20.1. The van der Waals surface area contributed by atoms with E-state index < -0.39 is 10.0 Å². The fourth-order valence-electron chi connectivity index (χ4n) is 2.50. The zero-order valence-corrected chi connectivity index (χ0v) is 16.2. The molecule has 0 aliphatic heterocycles. The van der Waals surface area contributed by atoms with Crippen molar-refractivity contribution in [3.8, 4) is 6.07 Å². The average molecular weight is 393 g/mol. The molecule has 1 heterocycles. The molecule has 0 spiro atoms. The van der Waals surface area contributed by atoms with Gasteiger partial charge in [-0.15, -0.1) is 10.2 Å². The first-order valence-corrected chi connectivity index (χ1v) is 10.1. The number of nitrogens with zero attached hydrogens (tertiary/aromatic N) is 3. The molecule has 3 aromatic rings. The summed E-state index contributed by atoms with van der Waals surface area (Å²) in [6, 6.07) is 18.8. The molecule has 0 amide bonds. The third-order valence-corrected chi connectivity index (χ3v) is 5.40. The van der Waals surface area contributed by atoms with E-state index in [1.54, 1.807) is 54.6 Å². The van der Waals surface area contributed by atoms with Gasteiger partial charge in [-0.05, 0) is 53.9 Å². The number of rotatable bonds is 6. The molecule has 2 aromatic carbocycles. The van der Waals surface area contributed by atoms with Gasteiger partial charge in [-0.2, -0.15) is 5.26 Å². The van der Waals surface area contributed by atoms with Crippen LogP contribution in [0.2, 0.25) is 0 Å². The van der Waals surface area contributed by atoms with Crippen LogP contribution in [0.3, 0.4) is 0 Å². The van der Waals surface area contributed by atoms with Crippen molar-refractivity contribution < 1.29 is 8.42 Å². The Bertz CT molecular complexity index is 1100. The number of sulfonamides is 1. The second-order valence-electron chi connectivity index (χ2n) is 6.45. The standard InChI is InChI=1S/C20H19N5O2S/c1-14(2)16-6-8-18(9-7-16)28(26,27)25-20-11-10-19(23-24-20)22-17-5-3-4-15(12-17)13-21/h3-12,14H,1-2H3,(H,22,23)(H,24,25). The summed E-state index contributed by atoms with van der Waals surface area (Å²) in [6.45, 7) is 4.09. The van der Waals surface area contributed by atoms with Gasteiger partial charge in [-0.25, -0.2) is 8.42 Å². The minimum Gasteiger partial charge on any atom is -0.339 e. The lowest BCUT2D eigenvalue weighted by Gasteiger charge is -2.10. The molecule has 3 rings (SSSR count). The number of hydrogen-bond donors (Lipinski definition) is 2. The SMILES string of the molecule is CC(C)c1ccc(S(=O)(=O)Nc2ccc(Nc3cccc(C#N)c3)nn2)cc1. The molecule has 0 fully saturated rings. The van der Waals surface area contributed by atoms with Crippen LogP contribution in [0.25, 0.3) is 0 Å². The maximum absolute atomic E-state index is 12.5. The first-order valence-electron chi connectivity index (χ1n) is 8.61. The van der Waals surface area contributed by atoms with Crippen LogP contribution in [0.5, 0.6) is 0 Å². The molecule has 0 aliphatic rings. The molecule has 0 radical (unpaired) electrons. The second-order valence-corrected chi connectivity index (χ2v) is 8.13. The number of nitrogens with one attached hydrogen (secondary N) is 2. The molecule has 7 nitrogen and oxygen atoms in total. The van der Waals surface area contributed by atoms with Gasteiger partial charge in [0.2, 0.25) is 0 Å². The van der Waals surface area contributed by atoms with E-state index in [0.29, 0.717) is 23.0 Å². The maximum atomic E-state index is 12.5. The minimum absolute atomic E-state index is 0.115. The van der Waals surface area contributed by atoms with Crippen LogP contribution in [0.1, 0.15) is 30.9 Å². The van der Waals surface area contributed by atoms with Crippen LogP contribution < -0.4 is 10.0 Å². The Morgan fingerprint density at radius 2 is 1.64 bits per heavy atom. The lowest BCUT2D eigenvalue weighted by atomic mass is 10.0. The molecule has 1 aromatic heterocycles. The van der Waals surface area contributed by atoms with Gasteiger partial charge in [0.1, 0.15) is 0 Å². The van der Waals surface area contributed by atoms with Crippen LogP contribution in [0.15, 0.2) is 65.6 Å². The summed E-state index contributed by atoms with van der Waals surface area (Å²) in [5.74, 6) is 0.869. The minimum atomic E-state index is -3.75. The largest absolute Gasteiger partial charge is 0.339 e. The molecule has 2 N–H and O–H groups in total. The van der Waals surface area contributed by atoms with E-state index in [9.17, 15) is 8.42 Å². The molecule has 0 unspecified atom stereocenters.